The van der Waals surface area contributed by atoms with E-state index in [-0.39, 0.29) is 18.4 Å². The first-order valence-electron chi connectivity index (χ1n) is 12.2. The van der Waals surface area contributed by atoms with E-state index in [9.17, 15) is 18.0 Å². The second-order valence-electron chi connectivity index (χ2n) is 9.37. The third kappa shape index (κ3) is 4.97. The highest BCUT2D eigenvalue weighted by molar-refractivity contribution is 7.89. The summed E-state index contributed by atoms with van der Waals surface area (Å²) in [7, 11) is -2.15. The molecule has 4 rings (SSSR count). The average molecular weight is 517 g/mol. The molecule has 0 aliphatic carbocycles. The molecule has 10 heteroatoms. The Labute approximate surface area is 212 Å². The number of anilines is 1. The van der Waals surface area contributed by atoms with Crippen LogP contribution >= 0.6 is 0 Å². The van der Waals surface area contributed by atoms with Crippen molar-refractivity contribution in [1.82, 2.24) is 14.5 Å². The Hall–Kier alpha value is -2.98. The number of amides is 2. The fourth-order valence-electron chi connectivity index (χ4n) is 5.28. The van der Waals surface area contributed by atoms with Gasteiger partial charge in [-0.05, 0) is 37.5 Å². The molecule has 0 aromatic heterocycles. The van der Waals surface area contributed by atoms with Gasteiger partial charge in [0, 0.05) is 57.4 Å². The molecule has 2 heterocycles. The minimum absolute atomic E-state index is 0.185. The van der Waals surface area contributed by atoms with Crippen molar-refractivity contribution in [3.63, 3.8) is 0 Å². The Morgan fingerprint density at radius 2 is 1.81 bits per heavy atom. The topological polar surface area (TPSA) is 90.0 Å². The van der Waals surface area contributed by atoms with Gasteiger partial charge in [-0.1, -0.05) is 36.4 Å². The van der Waals surface area contributed by atoms with E-state index >= 15 is 4.39 Å². The average Bonchev–Trinajstić information content (AvgIpc) is 2.87. The van der Waals surface area contributed by atoms with Gasteiger partial charge < -0.3 is 15.1 Å². The highest BCUT2D eigenvalue weighted by Gasteiger charge is 2.40. The first-order chi connectivity index (χ1) is 17.1. The molecule has 2 unspecified atom stereocenters. The van der Waals surface area contributed by atoms with Gasteiger partial charge in [0.15, 0.2) is 0 Å². The Morgan fingerprint density at radius 1 is 1.08 bits per heavy atom. The molecule has 36 heavy (non-hydrogen) atoms. The van der Waals surface area contributed by atoms with Crippen molar-refractivity contribution >= 4 is 27.5 Å². The van der Waals surface area contributed by atoms with Crippen molar-refractivity contribution < 1.29 is 22.4 Å². The molecule has 2 saturated heterocycles. The molecular weight excluding hydrogens is 483 g/mol. The summed E-state index contributed by atoms with van der Waals surface area (Å²) in [5, 5.41) is 1.95. The van der Waals surface area contributed by atoms with E-state index in [4.69, 9.17) is 0 Å². The lowest BCUT2D eigenvalue weighted by Gasteiger charge is -2.41. The number of piperazine rings is 1. The molecule has 2 aliphatic heterocycles. The summed E-state index contributed by atoms with van der Waals surface area (Å²) in [4.78, 5) is 27.7. The number of carbonyl (C=O) groups excluding carboxylic acids is 2. The highest BCUT2D eigenvalue weighted by atomic mass is 32.2. The van der Waals surface area contributed by atoms with Gasteiger partial charge in [0.25, 0.3) is 0 Å². The molecule has 2 amide bonds. The molecule has 0 bridgehead atoms. The highest BCUT2D eigenvalue weighted by Crippen LogP contribution is 2.39. The SMILES string of the molecule is CNC(=O)[C@H]1CN(c2ccc(C(C)N3CCCC(c4ccccc4)S3(=O)=O)c(F)c2)CCN1C(C)=O. The van der Waals surface area contributed by atoms with Crippen LogP contribution in [0, 0.1) is 5.82 Å². The third-order valence-electron chi connectivity index (χ3n) is 7.27. The smallest absolute Gasteiger partial charge is 0.244 e. The lowest BCUT2D eigenvalue weighted by molar-refractivity contribution is -0.139. The molecule has 2 fully saturated rings. The molecule has 0 radical (unpaired) electrons. The third-order valence-corrected chi connectivity index (χ3v) is 9.65. The summed E-state index contributed by atoms with van der Waals surface area (Å²) in [6, 6.07) is 12.6. The van der Waals surface area contributed by atoms with Gasteiger partial charge in [-0.25, -0.2) is 12.8 Å². The second-order valence-corrected chi connectivity index (χ2v) is 11.4. The Morgan fingerprint density at radius 3 is 2.44 bits per heavy atom. The number of rotatable bonds is 5. The summed E-state index contributed by atoms with van der Waals surface area (Å²) in [6.45, 7) is 4.54. The van der Waals surface area contributed by atoms with Crippen LogP contribution in [0.3, 0.4) is 0 Å². The van der Waals surface area contributed by atoms with Crippen LogP contribution in [0.5, 0.6) is 0 Å². The standard InChI is InChI=1S/C26H33FN4O4S/c1-18(31-13-7-10-25(36(31,34)35)20-8-5-4-6-9-20)22-12-11-21(16-23(22)27)29-14-15-30(19(2)32)24(17-29)26(33)28-3/h4-6,8-9,11-12,16,18,24-25H,7,10,13-15,17H2,1-3H3,(H,28,33)/t18?,24-,25?/m1/s1. The lowest BCUT2D eigenvalue weighted by atomic mass is 10.0. The van der Waals surface area contributed by atoms with Gasteiger partial charge in [0.05, 0.1) is 0 Å². The van der Waals surface area contributed by atoms with Crippen LogP contribution < -0.4 is 10.2 Å². The predicted molar refractivity (Wildman–Crippen MR) is 136 cm³/mol. The first kappa shape index (κ1) is 26.1. The molecule has 2 aromatic carbocycles. The summed E-state index contributed by atoms with van der Waals surface area (Å²) in [5.41, 5.74) is 1.64. The van der Waals surface area contributed by atoms with E-state index in [0.29, 0.717) is 43.7 Å². The van der Waals surface area contributed by atoms with Crippen molar-refractivity contribution in [1.29, 1.82) is 0 Å². The zero-order valence-corrected chi connectivity index (χ0v) is 21.7. The van der Waals surface area contributed by atoms with E-state index in [1.54, 1.807) is 19.1 Å². The Kier molecular flexibility index (Phi) is 7.65. The number of hydrogen-bond donors (Lipinski definition) is 1. The lowest BCUT2D eigenvalue weighted by Crippen LogP contribution is -2.60. The number of benzene rings is 2. The van der Waals surface area contributed by atoms with E-state index in [0.717, 1.165) is 5.56 Å². The van der Waals surface area contributed by atoms with Crippen LogP contribution in [0.4, 0.5) is 10.1 Å². The van der Waals surface area contributed by atoms with Crippen LogP contribution in [0.25, 0.3) is 0 Å². The van der Waals surface area contributed by atoms with Crippen molar-refractivity contribution in [3.05, 3.63) is 65.5 Å². The van der Waals surface area contributed by atoms with Crippen molar-refractivity contribution in [2.75, 3.05) is 38.1 Å². The van der Waals surface area contributed by atoms with Gasteiger partial charge in [-0.2, -0.15) is 4.31 Å². The number of likely N-dealkylation sites (N-methyl/N-ethyl adjacent to an activating group) is 1. The molecular formula is C26H33FN4O4S. The van der Waals surface area contributed by atoms with E-state index in [1.807, 2.05) is 35.2 Å². The van der Waals surface area contributed by atoms with Crippen molar-refractivity contribution in [2.24, 2.45) is 0 Å². The summed E-state index contributed by atoms with van der Waals surface area (Å²) >= 11 is 0. The zero-order valence-electron chi connectivity index (χ0n) is 20.9. The summed E-state index contributed by atoms with van der Waals surface area (Å²) in [6.07, 6.45) is 1.24. The van der Waals surface area contributed by atoms with Gasteiger partial charge in [0.1, 0.15) is 17.1 Å². The number of sulfonamides is 1. The molecule has 1 N–H and O–H groups in total. The van der Waals surface area contributed by atoms with Crippen molar-refractivity contribution in [2.45, 2.75) is 44.0 Å². The monoisotopic (exact) mass is 516 g/mol. The van der Waals surface area contributed by atoms with E-state index < -0.39 is 33.2 Å². The summed E-state index contributed by atoms with van der Waals surface area (Å²) in [5.74, 6) is -0.957. The predicted octanol–water partition coefficient (Wildman–Crippen LogP) is 2.84. The fourth-order valence-corrected chi connectivity index (χ4v) is 7.51. The first-order valence-corrected chi connectivity index (χ1v) is 13.7. The van der Waals surface area contributed by atoms with Crippen LogP contribution in [0.15, 0.2) is 48.5 Å². The number of carbonyl (C=O) groups is 2. The van der Waals surface area contributed by atoms with E-state index in [1.165, 1.54) is 29.2 Å². The van der Waals surface area contributed by atoms with E-state index in [2.05, 4.69) is 5.32 Å². The molecule has 0 spiro atoms. The van der Waals surface area contributed by atoms with Gasteiger partial charge >= 0.3 is 0 Å². The number of nitrogens with one attached hydrogen (secondary N) is 1. The fraction of sp³-hybridized carbons (Fsp3) is 0.462. The Balaban J connectivity index is 1.55. The Bertz CT molecular complexity index is 1220. The molecule has 8 nitrogen and oxygen atoms in total. The number of halogens is 1. The molecule has 2 aromatic rings. The number of nitrogens with zero attached hydrogens (tertiary/aromatic N) is 3. The normalized spacial score (nSPS) is 23.2. The molecule has 194 valence electrons. The van der Waals surface area contributed by atoms with Crippen LogP contribution in [-0.4, -0.2) is 68.7 Å². The maximum atomic E-state index is 15.4. The van der Waals surface area contributed by atoms with Crippen LogP contribution in [0.2, 0.25) is 0 Å². The second kappa shape index (κ2) is 10.6. The van der Waals surface area contributed by atoms with Crippen LogP contribution in [-0.2, 0) is 19.6 Å². The quantitative estimate of drug-likeness (QED) is 0.660. The maximum Gasteiger partial charge on any atom is 0.244 e. The maximum absolute atomic E-state index is 15.4. The van der Waals surface area contributed by atoms with Crippen molar-refractivity contribution in [3.8, 4) is 0 Å². The zero-order chi connectivity index (χ0) is 26.0. The minimum atomic E-state index is -3.67. The minimum Gasteiger partial charge on any atom is -0.367 e. The molecule has 3 atom stereocenters. The van der Waals surface area contributed by atoms with Gasteiger partial charge in [0.2, 0.25) is 21.8 Å². The largest absolute Gasteiger partial charge is 0.367 e. The van der Waals surface area contributed by atoms with Gasteiger partial charge in [-0.15, -0.1) is 0 Å². The molecule has 0 saturated carbocycles. The van der Waals surface area contributed by atoms with Crippen LogP contribution in [0.1, 0.15) is 49.1 Å². The number of hydrogen-bond acceptors (Lipinski definition) is 5. The summed E-state index contributed by atoms with van der Waals surface area (Å²) < 4.78 is 43.8. The van der Waals surface area contributed by atoms with Gasteiger partial charge in [-0.3, -0.25) is 9.59 Å². The molecule has 2 aliphatic rings.